The molecular weight excluding hydrogens is 316 g/mol. The summed E-state index contributed by atoms with van der Waals surface area (Å²) in [6.45, 7) is 6.77. The summed E-state index contributed by atoms with van der Waals surface area (Å²) in [6, 6.07) is 6.50. The van der Waals surface area contributed by atoms with Crippen molar-refractivity contribution in [3.05, 3.63) is 29.3 Å². The molecule has 2 aliphatic rings. The highest BCUT2D eigenvalue weighted by Gasteiger charge is 2.35. The average molecular weight is 346 g/mol. The average Bonchev–Trinajstić information content (AvgIpc) is 2.99. The van der Waals surface area contributed by atoms with Gasteiger partial charge in [0.25, 0.3) is 0 Å². The fraction of sp³-hybridized carbons (Fsp3) is 0.650. The molecule has 5 nitrogen and oxygen atoms in total. The third-order valence-corrected chi connectivity index (χ3v) is 5.30. The Morgan fingerprint density at radius 2 is 2.04 bits per heavy atom. The van der Waals surface area contributed by atoms with E-state index in [1.807, 2.05) is 26.0 Å². The molecule has 138 valence electrons. The van der Waals surface area contributed by atoms with Gasteiger partial charge in [0.1, 0.15) is 18.5 Å². The first-order valence-corrected chi connectivity index (χ1v) is 9.41. The highest BCUT2D eigenvalue weighted by Crippen LogP contribution is 2.27. The topological polar surface area (TPSA) is 61.8 Å². The number of aliphatic hydroxyl groups is 1. The number of amides is 1. The zero-order valence-corrected chi connectivity index (χ0v) is 15.3. The van der Waals surface area contributed by atoms with Gasteiger partial charge < -0.3 is 15.2 Å². The Bertz CT molecular complexity index is 584. The standard InChI is InChI=1S/C20H30N2O3/c1-14-7-15(2)9-18(8-14)25-13-17(23)12-22-6-4-3-5-19(22)16-10-20(24)21-11-16/h7-9,16-17,19,23H,3-6,10-13H2,1-2H3,(H,21,24). The van der Waals surface area contributed by atoms with Gasteiger partial charge in [-0.25, -0.2) is 0 Å². The molecule has 1 aromatic rings. The zero-order chi connectivity index (χ0) is 17.8. The van der Waals surface area contributed by atoms with Crippen LogP contribution in [-0.4, -0.2) is 54.3 Å². The van der Waals surface area contributed by atoms with Crippen LogP contribution < -0.4 is 10.1 Å². The van der Waals surface area contributed by atoms with E-state index in [9.17, 15) is 9.90 Å². The molecule has 2 fully saturated rings. The number of β-amino-alcohol motifs (C(OH)–C–C–N with tert-alkyl or cyclic N) is 1. The van der Waals surface area contributed by atoms with E-state index in [1.165, 1.54) is 17.5 Å². The molecule has 3 rings (SSSR count). The maximum atomic E-state index is 11.5. The van der Waals surface area contributed by atoms with Crippen molar-refractivity contribution in [3.63, 3.8) is 0 Å². The summed E-state index contributed by atoms with van der Waals surface area (Å²) in [4.78, 5) is 13.9. The number of hydrogen-bond donors (Lipinski definition) is 2. The van der Waals surface area contributed by atoms with Crippen molar-refractivity contribution >= 4 is 5.91 Å². The molecule has 3 atom stereocenters. The second kappa shape index (κ2) is 8.19. The monoisotopic (exact) mass is 346 g/mol. The molecule has 5 heteroatoms. The van der Waals surface area contributed by atoms with Gasteiger partial charge in [0.05, 0.1) is 0 Å². The number of piperidine rings is 1. The van der Waals surface area contributed by atoms with Gasteiger partial charge in [0, 0.05) is 31.5 Å². The van der Waals surface area contributed by atoms with Crippen molar-refractivity contribution in [1.82, 2.24) is 10.2 Å². The first-order chi connectivity index (χ1) is 12.0. The maximum absolute atomic E-state index is 11.5. The largest absolute Gasteiger partial charge is 0.491 e. The van der Waals surface area contributed by atoms with E-state index in [1.54, 1.807) is 0 Å². The van der Waals surface area contributed by atoms with E-state index in [0.717, 1.165) is 31.7 Å². The molecule has 1 amide bonds. The van der Waals surface area contributed by atoms with Crippen LogP contribution in [0.15, 0.2) is 18.2 Å². The summed E-state index contributed by atoms with van der Waals surface area (Å²) in [5.74, 6) is 1.35. The summed E-state index contributed by atoms with van der Waals surface area (Å²) < 4.78 is 5.81. The predicted molar refractivity (Wildman–Crippen MR) is 97.7 cm³/mol. The second-order valence-corrected chi connectivity index (χ2v) is 7.61. The quantitative estimate of drug-likeness (QED) is 0.827. The maximum Gasteiger partial charge on any atom is 0.220 e. The van der Waals surface area contributed by atoms with Crippen LogP contribution in [0.25, 0.3) is 0 Å². The van der Waals surface area contributed by atoms with Gasteiger partial charge in [-0.3, -0.25) is 9.69 Å². The summed E-state index contributed by atoms with van der Waals surface area (Å²) >= 11 is 0. The summed E-state index contributed by atoms with van der Waals surface area (Å²) in [5, 5.41) is 13.4. The van der Waals surface area contributed by atoms with Gasteiger partial charge in [0.2, 0.25) is 5.91 Å². The lowest BCUT2D eigenvalue weighted by Crippen LogP contribution is -2.48. The molecule has 0 saturated carbocycles. The number of carbonyl (C=O) groups excluding carboxylic acids is 1. The van der Waals surface area contributed by atoms with Gasteiger partial charge in [-0.15, -0.1) is 0 Å². The Morgan fingerprint density at radius 3 is 2.72 bits per heavy atom. The SMILES string of the molecule is Cc1cc(C)cc(OCC(O)CN2CCCCC2C2CNC(=O)C2)c1. The molecule has 0 aliphatic carbocycles. The molecular formula is C20H30N2O3. The predicted octanol–water partition coefficient (Wildman–Crippen LogP) is 2.03. The molecule has 2 aliphatic heterocycles. The molecule has 3 unspecified atom stereocenters. The number of aryl methyl sites for hydroxylation is 2. The Morgan fingerprint density at radius 1 is 1.28 bits per heavy atom. The Balaban J connectivity index is 1.53. The van der Waals surface area contributed by atoms with E-state index in [4.69, 9.17) is 4.74 Å². The second-order valence-electron chi connectivity index (χ2n) is 7.61. The van der Waals surface area contributed by atoms with Gasteiger partial charge in [-0.1, -0.05) is 12.5 Å². The fourth-order valence-corrected chi connectivity index (χ4v) is 4.21. The van der Waals surface area contributed by atoms with Crippen LogP contribution in [0.1, 0.15) is 36.8 Å². The van der Waals surface area contributed by atoms with Crippen molar-refractivity contribution in [1.29, 1.82) is 0 Å². The van der Waals surface area contributed by atoms with Crippen LogP contribution in [0.2, 0.25) is 0 Å². The Hall–Kier alpha value is -1.59. The lowest BCUT2D eigenvalue weighted by molar-refractivity contribution is -0.119. The number of benzene rings is 1. The van der Waals surface area contributed by atoms with Gasteiger partial charge in [-0.05, 0) is 56.5 Å². The zero-order valence-electron chi connectivity index (χ0n) is 15.3. The van der Waals surface area contributed by atoms with Crippen molar-refractivity contribution in [2.24, 2.45) is 5.92 Å². The van der Waals surface area contributed by atoms with Crippen LogP contribution in [0, 0.1) is 19.8 Å². The number of likely N-dealkylation sites (tertiary alicyclic amines) is 1. The first-order valence-electron chi connectivity index (χ1n) is 9.41. The normalized spacial score (nSPS) is 25.6. The van der Waals surface area contributed by atoms with E-state index >= 15 is 0 Å². The Labute approximate surface area is 150 Å². The van der Waals surface area contributed by atoms with Crippen LogP contribution >= 0.6 is 0 Å². The summed E-state index contributed by atoms with van der Waals surface area (Å²) in [6.07, 6.45) is 3.59. The molecule has 2 N–H and O–H groups in total. The molecule has 2 heterocycles. The van der Waals surface area contributed by atoms with Crippen LogP contribution in [0.3, 0.4) is 0 Å². The van der Waals surface area contributed by atoms with Gasteiger partial charge >= 0.3 is 0 Å². The lowest BCUT2D eigenvalue weighted by Gasteiger charge is -2.39. The van der Waals surface area contributed by atoms with Crippen molar-refractivity contribution in [2.45, 2.75) is 51.7 Å². The highest BCUT2D eigenvalue weighted by atomic mass is 16.5. The van der Waals surface area contributed by atoms with Crippen LogP contribution in [0.5, 0.6) is 5.75 Å². The molecule has 2 saturated heterocycles. The number of nitrogens with zero attached hydrogens (tertiary/aromatic N) is 1. The summed E-state index contributed by atoms with van der Waals surface area (Å²) in [5.41, 5.74) is 2.33. The van der Waals surface area contributed by atoms with E-state index in [0.29, 0.717) is 31.5 Å². The third kappa shape index (κ3) is 4.95. The molecule has 1 aromatic carbocycles. The molecule has 0 spiro atoms. The fourth-order valence-electron chi connectivity index (χ4n) is 4.21. The molecule has 25 heavy (non-hydrogen) atoms. The smallest absolute Gasteiger partial charge is 0.220 e. The van der Waals surface area contributed by atoms with Crippen molar-refractivity contribution < 1.29 is 14.6 Å². The number of carbonyl (C=O) groups is 1. The number of nitrogens with one attached hydrogen (secondary N) is 1. The first kappa shape index (κ1) is 18.2. The van der Waals surface area contributed by atoms with Gasteiger partial charge in [0.15, 0.2) is 0 Å². The molecule has 0 radical (unpaired) electrons. The number of aliphatic hydroxyl groups excluding tert-OH is 1. The van der Waals surface area contributed by atoms with E-state index in [2.05, 4.69) is 16.3 Å². The number of rotatable bonds is 6. The summed E-state index contributed by atoms with van der Waals surface area (Å²) in [7, 11) is 0. The number of hydrogen-bond acceptors (Lipinski definition) is 4. The third-order valence-electron chi connectivity index (χ3n) is 5.30. The number of ether oxygens (including phenoxy) is 1. The minimum Gasteiger partial charge on any atom is -0.491 e. The minimum atomic E-state index is -0.522. The molecule has 0 bridgehead atoms. The minimum absolute atomic E-state index is 0.161. The highest BCUT2D eigenvalue weighted by molar-refractivity contribution is 5.78. The van der Waals surface area contributed by atoms with E-state index in [-0.39, 0.29) is 5.91 Å². The van der Waals surface area contributed by atoms with Crippen LogP contribution in [0.4, 0.5) is 0 Å². The molecule has 0 aromatic heterocycles. The Kier molecular flexibility index (Phi) is 5.97. The van der Waals surface area contributed by atoms with Gasteiger partial charge in [-0.2, -0.15) is 0 Å². The lowest BCUT2D eigenvalue weighted by atomic mass is 9.89. The van der Waals surface area contributed by atoms with Crippen LogP contribution in [-0.2, 0) is 4.79 Å². The van der Waals surface area contributed by atoms with Crippen molar-refractivity contribution in [3.8, 4) is 5.75 Å². The van der Waals surface area contributed by atoms with Crippen molar-refractivity contribution in [2.75, 3.05) is 26.2 Å². The van der Waals surface area contributed by atoms with E-state index < -0.39 is 6.10 Å².